The predicted octanol–water partition coefficient (Wildman–Crippen LogP) is 2.10. The average molecular weight is 360 g/mol. The van der Waals surface area contributed by atoms with Crippen molar-refractivity contribution in [2.24, 2.45) is 0 Å². The summed E-state index contributed by atoms with van der Waals surface area (Å²) in [5.41, 5.74) is 2.53. The monoisotopic (exact) mass is 360 g/mol. The normalized spacial score (nSPS) is 25.5. The topological polar surface area (TPSA) is 96.9 Å². The molecule has 7 nitrogen and oxygen atoms in total. The second-order valence-corrected chi connectivity index (χ2v) is 7.74. The molecule has 1 spiro atoms. The molecule has 2 saturated carbocycles. The first-order valence-corrected chi connectivity index (χ1v) is 9.11. The third-order valence-corrected chi connectivity index (χ3v) is 5.66. The van der Waals surface area contributed by atoms with Crippen LogP contribution >= 0.6 is 0 Å². The van der Waals surface area contributed by atoms with E-state index in [4.69, 9.17) is 14.6 Å². The lowest BCUT2D eigenvalue weighted by Crippen LogP contribution is -2.54. The van der Waals surface area contributed by atoms with Crippen LogP contribution in [0.5, 0.6) is 11.5 Å². The summed E-state index contributed by atoms with van der Waals surface area (Å²) in [4.78, 5) is 22.5. The molecule has 0 radical (unpaired) electrons. The number of rotatable bonds is 5. The number of carbonyl (C=O) groups is 2. The van der Waals surface area contributed by atoms with E-state index in [1.165, 1.54) is 12.5 Å². The van der Waals surface area contributed by atoms with E-state index in [0.29, 0.717) is 0 Å². The molecule has 2 fully saturated rings. The maximum atomic E-state index is 11.9. The fraction of sp³-hybridized carbons (Fsp3) is 0.579. The first kappa shape index (κ1) is 17.0. The van der Waals surface area contributed by atoms with Crippen molar-refractivity contribution in [3.8, 4) is 11.5 Å². The Morgan fingerprint density at radius 3 is 2.73 bits per heavy atom. The van der Waals surface area contributed by atoms with Crippen LogP contribution in [0.4, 0.5) is 4.79 Å². The number of carboxylic acid groups (broad SMARTS) is 1. The largest absolute Gasteiger partial charge is 0.492 e. The molecule has 3 N–H and O–H groups in total. The Morgan fingerprint density at radius 1 is 1.35 bits per heavy atom. The smallest absolute Gasteiger partial charge is 0.405 e. The Bertz CT molecular complexity index is 753. The van der Waals surface area contributed by atoms with Gasteiger partial charge in [-0.25, -0.2) is 4.79 Å². The molecule has 0 bridgehead atoms. The highest BCUT2D eigenvalue weighted by molar-refractivity contribution is 5.85. The van der Waals surface area contributed by atoms with E-state index in [-0.39, 0.29) is 23.5 Å². The SMILES string of the molecule is Cc1ccc(OC2CC(NC(=O)C(C)NC(=O)O)C2)c2c1OCC21CC1. The molecule has 1 atom stereocenters. The molecule has 26 heavy (non-hydrogen) atoms. The minimum absolute atomic E-state index is 0.0233. The standard InChI is InChI=1S/C19H24N2O5/c1-10-3-4-14(15-16(10)25-9-19(15)5-6-19)26-13-7-12(8-13)21-17(22)11(2)20-18(23)24/h3-4,11-13,20H,5-9H2,1-2H3,(H,21,22)(H,23,24). The van der Waals surface area contributed by atoms with Gasteiger partial charge in [-0.3, -0.25) is 4.79 Å². The number of fused-ring (bicyclic) bond motifs is 2. The third kappa shape index (κ3) is 2.95. The summed E-state index contributed by atoms with van der Waals surface area (Å²) in [5, 5.41) is 13.7. The fourth-order valence-electron chi connectivity index (χ4n) is 3.82. The van der Waals surface area contributed by atoms with Gasteiger partial charge in [0.15, 0.2) is 0 Å². The summed E-state index contributed by atoms with van der Waals surface area (Å²) in [7, 11) is 0. The highest BCUT2D eigenvalue weighted by atomic mass is 16.5. The summed E-state index contributed by atoms with van der Waals surface area (Å²) in [5.74, 6) is 1.59. The van der Waals surface area contributed by atoms with E-state index < -0.39 is 12.1 Å². The van der Waals surface area contributed by atoms with Gasteiger partial charge in [0, 0.05) is 29.9 Å². The second kappa shape index (κ2) is 6.07. The summed E-state index contributed by atoms with van der Waals surface area (Å²) in [6.45, 7) is 4.34. The molecule has 3 aliphatic rings. The molecule has 1 aromatic rings. The molecule has 1 unspecified atom stereocenters. The van der Waals surface area contributed by atoms with Crippen LogP contribution in [0.2, 0.25) is 0 Å². The molecule has 0 aromatic heterocycles. The zero-order chi connectivity index (χ0) is 18.5. The number of ether oxygens (including phenoxy) is 2. The second-order valence-electron chi connectivity index (χ2n) is 7.74. The van der Waals surface area contributed by atoms with E-state index in [1.54, 1.807) is 0 Å². The van der Waals surface area contributed by atoms with Crippen molar-refractivity contribution in [3.05, 3.63) is 23.3 Å². The summed E-state index contributed by atoms with van der Waals surface area (Å²) in [6, 6.07) is 3.33. The Balaban J connectivity index is 1.34. The number of hydrogen-bond acceptors (Lipinski definition) is 4. The van der Waals surface area contributed by atoms with Gasteiger partial charge < -0.3 is 25.2 Å². The maximum Gasteiger partial charge on any atom is 0.405 e. The number of hydrogen-bond donors (Lipinski definition) is 3. The number of benzene rings is 1. The van der Waals surface area contributed by atoms with Gasteiger partial charge in [0.2, 0.25) is 5.91 Å². The van der Waals surface area contributed by atoms with Crippen LogP contribution in [0, 0.1) is 6.92 Å². The van der Waals surface area contributed by atoms with E-state index in [9.17, 15) is 9.59 Å². The Kier molecular flexibility index (Phi) is 3.97. The Hall–Kier alpha value is -2.44. The number of amides is 2. The Morgan fingerprint density at radius 2 is 2.08 bits per heavy atom. The third-order valence-electron chi connectivity index (χ3n) is 5.66. The molecule has 2 amide bonds. The molecule has 7 heteroatoms. The molecule has 1 aliphatic heterocycles. The zero-order valence-corrected chi connectivity index (χ0v) is 15.0. The van der Waals surface area contributed by atoms with Crippen LogP contribution in [0.25, 0.3) is 0 Å². The molecule has 0 saturated heterocycles. The molecule has 1 heterocycles. The van der Waals surface area contributed by atoms with Crippen LogP contribution in [-0.2, 0) is 10.2 Å². The van der Waals surface area contributed by atoms with Gasteiger partial charge in [-0.2, -0.15) is 0 Å². The molecular weight excluding hydrogens is 336 g/mol. The molecule has 140 valence electrons. The van der Waals surface area contributed by atoms with E-state index >= 15 is 0 Å². The van der Waals surface area contributed by atoms with Crippen molar-refractivity contribution in [3.63, 3.8) is 0 Å². The van der Waals surface area contributed by atoms with E-state index in [0.717, 1.165) is 49.4 Å². The minimum Gasteiger partial charge on any atom is -0.492 e. The van der Waals surface area contributed by atoms with E-state index in [1.807, 2.05) is 12.1 Å². The minimum atomic E-state index is -1.20. The van der Waals surface area contributed by atoms with Crippen LogP contribution in [-0.4, -0.2) is 41.9 Å². The fourth-order valence-corrected chi connectivity index (χ4v) is 3.82. The molecule has 1 aromatic carbocycles. The first-order chi connectivity index (χ1) is 12.4. The van der Waals surface area contributed by atoms with Gasteiger partial charge in [-0.1, -0.05) is 6.07 Å². The van der Waals surface area contributed by atoms with Gasteiger partial charge in [0.05, 0.1) is 6.61 Å². The van der Waals surface area contributed by atoms with Crippen LogP contribution in [0.15, 0.2) is 12.1 Å². The van der Waals surface area contributed by atoms with E-state index in [2.05, 4.69) is 17.6 Å². The lowest BCUT2D eigenvalue weighted by Gasteiger charge is -2.37. The number of carbonyl (C=O) groups excluding carboxylic acids is 1. The first-order valence-electron chi connectivity index (χ1n) is 9.11. The van der Waals surface area contributed by atoms with Gasteiger partial charge in [-0.15, -0.1) is 0 Å². The predicted molar refractivity (Wildman–Crippen MR) is 93.8 cm³/mol. The van der Waals surface area contributed by atoms with Crippen molar-refractivity contribution >= 4 is 12.0 Å². The average Bonchev–Trinajstić information content (AvgIpc) is 3.21. The van der Waals surface area contributed by atoms with Gasteiger partial charge in [0.1, 0.15) is 23.6 Å². The maximum absolute atomic E-state index is 11.9. The molecule has 4 rings (SSSR count). The Labute approximate surface area is 152 Å². The number of nitrogens with one attached hydrogen (secondary N) is 2. The van der Waals surface area contributed by atoms with Crippen molar-refractivity contribution in [1.82, 2.24) is 10.6 Å². The zero-order valence-electron chi connectivity index (χ0n) is 15.0. The summed E-state index contributed by atoms with van der Waals surface area (Å²) in [6.07, 6.45) is 2.61. The van der Waals surface area contributed by atoms with Crippen LogP contribution in [0.3, 0.4) is 0 Å². The lowest BCUT2D eigenvalue weighted by molar-refractivity contribution is -0.124. The number of aryl methyl sites for hydroxylation is 1. The highest BCUT2D eigenvalue weighted by Gasteiger charge is 2.53. The van der Waals surface area contributed by atoms with Crippen molar-refractivity contribution in [2.45, 2.75) is 63.1 Å². The van der Waals surface area contributed by atoms with Crippen molar-refractivity contribution in [1.29, 1.82) is 0 Å². The summed E-state index contributed by atoms with van der Waals surface area (Å²) >= 11 is 0. The van der Waals surface area contributed by atoms with Gasteiger partial charge in [-0.05, 0) is 38.3 Å². The molecular formula is C19H24N2O5. The van der Waals surface area contributed by atoms with Crippen molar-refractivity contribution < 1.29 is 24.2 Å². The van der Waals surface area contributed by atoms with Crippen LogP contribution in [0.1, 0.15) is 43.7 Å². The highest BCUT2D eigenvalue weighted by Crippen LogP contribution is 2.59. The quantitative estimate of drug-likeness (QED) is 0.747. The lowest BCUT2D eigenvalue weighted by atomic mass is 9.88. The molecule has 2 aliphatic carbocycles. The van der Waals surface area contributed by atoms with Gasteiger partial charge >= 0.3 is 6.09 Å². The summed E-state index contributed by atoms with van der Waals surface area (Å²) < 4.78 is 12.1. The van der Waals surface area contributed by atoms with Gasteiger partial charge in [0.25, 0.3) is 0 Å². The van der Waals surface area contributed by atoms with Crippen LogP contribution < -0.4 is 20.1 Å². The van der Waals surface area contributed by atoms with Crippen molar-refractivity contribution in [2.75, 3.05) is 6.61 Å².